The summed E-state index contributed by atoms with van der Waals surface area (Å²) in [6.45, 7) is 1.99. The van der Waals surface area contributed by atoms with E-state index in [0.717, 1.165) is 11.1 Å². The predicted molar refractivity (Wildman–Crippen MR) is 156 cm³/mol. The van der Waals surface area contributed by atoms with Crippen LogP contribution in [0.15, 0.2) is 81.1 Å². The molecule has 0 radical (unpaired) electrons. The second-order valence-corrected chi connectivity index (χ2v) is 10.2. The first-order valence-electron chi connectivity index (χ1n) is 12.1. The molecule has 206 valence electrons. The zero-order valence-corrected chi connectivity index (χ0v) is 24.0. The Hall–Kier alpha value is -4.09. The molecular weight excluding hydrogens is 600 g/mol. The number of thioether (sulfide) groups is 1. The van der Waals surface area contributed by atoms with Crippen LogP contribution in [0, 0.1) is 0 Å². The fraction of sp³-hybridized carbons (Fsp3) is 0.172. The number of nitrogens with zero attached hydrogens (tertiary/aromatic N) is 2. The van der Waals surface area contributed by atoms with Crippen LogP contribution < -0.4 is 9.47 Å². The van der Waals surface area contributed by atoms with Gasteiger partial charge in [0.25, 0.3) is 5.91 Å². The van der Waals surface area contributed by atoms with E-state index >= 15 is 0 Å². The molecule has 1 heterocycles. The Bertz CT molecular complexity index is 1470. The highest BCUT2D eigenvalue weighted by Gasteiger charge is 2.33. The predicted octanol–water partition coefficient (Wildman–Crippen LogP) is 5.90. The molecule has 0 unspecified atom stereocenters. The zero-order valence-electron chi connectivity index (χ0n) is 21.6. The number of hydrogen-bond acceptors (Lipinski definition) is 8. The first-order valence-corrected chi connectivity index (χ1v) is 13.7. The number of methoxy groups -OCH3 is 1. The molecule has 1 aliphatic rings. The molecule has 1 aliphatic heterocycles. The van der Waals surface area contributed by atoms with Gasteiger partial charge in [-0.25, -0.2) is 14.6 Å². The van der Waals surface area contributed by atoms with Crippen molar-refractivity contribution < 1.29 is 33.7 Å². The van der Waals surface area contributed by atoms with Crippen LogP contribution >= 0.6 is 27.7 Å². The van der Waals surface area contributed by atoms with E-state index in [4.69, 9.17) is 19.2 Å². The number of ether oxygens (including phenoxy) is 3. The average molecular weight is 625 g/mol. The van der Waals surface area contributed by atoms with Crippen molar-refractivity contribution >= 4 is 62.5 Å². The van der Waals surface area contributed by atoms with Crippen LogP contribution in [0.1, 0.15) is 28.4 Å². The maximum absolute atomic E-state index is 13.5. The van der Waals surface area contributed by atoms with Crippen LogP contribution in [-0.2, 0) is 20.9 Å². The highest BCUT2D eigenvalue weighted by atomic mass is 79.9. The van der Waals surface area contributed by atoms with Gasteiger partial charge in [-0.2, -0.15) is 0 Å². The fourth-order valence-electron chi connectivity index (χ4n) is 3.65. The van der Waals surface area contributed by atoms with Gasteiger partial charge >= 0.3 is 11.9 Å². The lowest BCUT2D eigenvalue weighted by molar-refractivity contribution is -0.145. The van der Waals surface area contributed by atoms with Gasteiger partial charge < -0.3 is 19.3 Å². The Morgan fingerprint density at radius 2 is 1.80 bits per heavy atom. The lowest BCUT2D eigenvalue weighted by Gasteiger charge is -2.16. The molecule has 0 aromatic heterocycles. The standard InChI is InChI=1S/C29H25BrN2O7S/c1-3-38-26(33)17-39-24-13-6-19(14-23(24)30)15-25-27(34)32(16-18-4-7-20(8-5-18)28(35)36)29(40-25)31-21-9-11-22(37-2)12-10-21/h4-15H,3,16-17H2,1-2H3,(H,35,36)/b25-15-,31-29?. The maximum atomic E-state index is 13.5. The normalized spacial score (nSPS) is 15.0. The van der Waals surface area contributed by atoms with Gasteiger partial charge in [-0.1, -0.05) is 18.2 Å². The third kappa shape index (κ3) is 7.30. The van der Waals surface area contributed by atoms with Crippen molar-refractivity contribution in [3.8, 4) is 11.5 Å². The molecule has 1 amide bonds. The molecular formula is C29H25BrN2O7S. The molecule has 3 aromatic rings. The quantitative estimate of drug-likeness (QED) is 0.219. The second-order valence-electron chi connectivity index (χ2n) is 8.38. The monoisotopic (exact) mass is 624 g/mol. The van der Waals surface area contributed by atoms with E-state index in [-0.39, 0.29) is 31.2 Å². The molecule has 0 saturated carbocycles. The molecule has 9 nitrogen and oxygen atoms in total. The minimum absolute atomic E-state index is 0.166. The summed E-state index contributed by atoms with van der Waals surface area (Å²) in [6.07, 6.45) is 1.75. The number of carboxylic acids is 1. The average Bonchev–Trinajstić information content (AvgIpc) is 3.22. The molecule has 11 heteroatoms. The van der Waals surface area contributed by atoms with E-state index in [1.165, 1.54) is 23.9 Å². The number of halogens is 1. The largest absolute Gasteiger partial charge is 0.497 e. The maximum Gasteiger partial charge on any atom is 0.344 e. The summed E-state index contributed by atoms with van der Waals surface area (Å²) in [5.74, 6) is -0.563. The van der Waals surface area contributed by atoms with Crippen LogP contribution in [0.2, 0.25) is 0 Å². The van der Waals surface area contributed by atoms with E-state index in [1.54, 1.807) is 79.6 Å². The van der Waals surface area contributed by atoms with Crippen molar-refractivity contribution in [1.82, 2.24) is 4.90 Å². The molecule has 4 rings (SSSR count). The number of benzene rings is 3. The molecule has 0 spiro atoms. The molecule has 0 bridgehead atoms. The van der Waals surface area contributed by atoms with Crippen LogP contribution in [0.25, 0.3) is 6.08 Å². The van der Waals surface area contributed by atoms with E-state index < -0.39 is 11.9 Å². The molecule has 1 saturated heterocycles. The van der Waals surface area contributed by atoms with Crippen molar-refractivity contribution in [2.75, 3.05) is 20.3 Å². The third-order valence-electron chi connectivity index (χ3n) is 5.63. The van der Waals surface area contributed by atoms with Crippen molar-refractivity contribution in [3.05, 3.63) is 92.8 Å². The van der Waals surface area contributed by atoms with E-state index in [0.29, 0.717) is 31.7 Å². The number of carbonyl (C=O) groups is 3. The first-order chi connectivity index (χ1) is 19.3. The highest BCUT2D eigenvalue weighted by molar-refractivity contribution is 9.10. The Balaban J connectivity index is 1.60. The molecule has 1 N–H and O–H groups in total. The van der Waals surface area contributed by atoms with Gasteiger partial charge in [0.2, 0.25) is 0 Å². The lowest BCUT2D eigenvalue weighted by atomic mass is 10.1. The van der Waals surface area contributed by atoms with Crippen LogP contribution in [0.5, 0.6) is 11.5 Å². The number of hydrogen-bond donors (Lipinski definition) is 1. The number of esters is 1. The Morgan fingerprint density at radius 1 is 1.07 bits per heavy atom. The fourth-order valence-corrected chi connectivity index (χ4v) is 5.16. The second kappa shape index (κ2) is 13.3. The van der Waals surface area contributed by atoms with Gasteiger partial charge in [-0.05, 0) is 100 Å². The number of aromatic carboxylic acids is 1. The minimum atomic E-state index is -1.02. The number of rotatable bonds is 10. The topological polar surface area (TPSA) is 115 Å². The molecule has 40 heavy (non-hydrogen) atoms. The summed E-state index contributed by atoms with van der Waals surface area (Å²) in [5.41, 5.74) is 2.31. The minimum Gasteiger partial charge on any atom is -0.497 e. The SMILES string of the molecule is CCOC(=O)COc1ccc(/C=C2\SC(=Nc3ccc(OC)cc3)N(Cc3ccc(C(=O)O)cc3)C2=O)cc1Br. The lowest BCUT2D eigenvalue weighted by Crippen LogP contribution is -2.28. The molecule has 3 aromatic carbocycles. The van der Waals surface area contributed by atoms with Crippen LogP contribution in [0.3, 0.4) is 0 Å². The van der Waals surface area contributed by atoms with Gasteiger partial charge in [0, 0.05) is 0 Å². The van der Waals surface area contributed by atoms with Gasteiger partial charge in [0.1, 0.15) is 11.5 Å². The van der Waals surface area contributed by atoms with E-state index in [1.807, 2.05) is 0 Å². The number of carbonyl (C=O) groups excluding carboxylic acids is 2. The zero-order chi connectivity index (χ0) is 28.6. The van der Waals surface area contributed by atoms with Crippen LogP contribution in [-0.4, -0.2) is 53.3 Å². The van der Waals surface area contributed by atoms with Gasteiger partial charge in [0.15, 0.2) is 11.8 Å². The van der Waals surface area contributed by atoms with E-state index in [2.05, 4.69) is 15.9 Å². The third-order valence-corrected chi connectivity index (χ3v) is 7.26. The van der Waals surface area contributed by atoms with Crippen LogP contribution in [0.4, 0.5) is 5.69 Å². The smallest absolute Gasteiger partial charge is 0.344 e. The van der Waals surface area contributed by atoms with Crippen molar-refractivity contribution in [2.24, 2.45) is 4.99 Å². The first kappa shape index (κ1) is 28.9. The van der Waals surface area contributed by atoms with Gasteiger partial charge in [-0.15, -0.1) is 0 Å². The summed E-state index contributed by atoms with van der Waals surface area (Å²) in [6, 6.07) is 18.8. The summed E-state index contributed by atoms with van der Waals surface area (Å²) < 4.78 is 16.2. The number of aliphatic imine (C=N–C) groups is 1. The Morgan fingerprint density at radius 3 is 2.42 bits per heavy atom. The Labute approximate surface area is 243 Å². The van der Waals surface area contributed by atoms with E-state index in [9.17, 15) is 19.5 Å². The summed E-state index contributed by atoms with van der Waals surface area (Å²) in [4.78, 5) is 43.1. The number of carboxylic acid groups (broad SMARTS) is 1. The summed E-state index contributed by atoms with van der Waals surface area (Å²) >= 11 is 4.69. The van der Waals surface area contributed by atoms with Crippen molar-refractivity contribution in [2.45, 2.75) is 13.5 Å². The number of amidine groups is 1. The van der Waals surface area contributed by atoms with Crippen molar-refractivity contribution in [1.29, 1.82) is 0 Å². The Kier molecular flexibility index (Phi) is 9.62. The summed E-state index contributed by atoms with van der Waals surface area (Å²) in [7, 11) is 1.58. The molecule has 0 atom stereocenters. The van der Waals surface area contributed by atoms with Gasteiger partial charge in [-0.3, -0.25) is 9.69 Å². The summed E-state index contributed by atoms with van der Waals surface area (Å²) in [5, 5.41) is 9.68. The highest BCUT2D eigenvalue weighted by Crippen LogP contribution is 2.36. The molecule has 0 aliphatic carbocycles. The van der Waals surface area contributed by atoms with Crippen molar-refractivity contribution in [3.63, 3.8) is 0 Å². The number of amides is 1. The molecule has 1 fully saturated rings. The van der Waals surface area contributed by atoms with Gasteiger partial charge in [0.05, 0.1) is 40.9 Å².